The highest BCUT2D eigenvalue weighted by Gasteiger charge is 2.49. The van der Waals surface area contributed by atoms with Gasteiger partial charge in [-0.05, 0) is 25.5 Å². The molecule has 1 aromatic rings. The predicted molar refractivity (Wildman–Crippen MR) is 79.8 cm³/mol. The SMILES string of the molecule is CC#Cc1cc(Cl)c(C2C(=O)N3CCCN3C2=O)c(Cl)c1. The van der Waals surface area contributed by atoms with Gasteiger partial charge in [0, 0.05) is 34.3 Å². The molecule has 2 saturated heterocycles. The van der Waals surface area contributed by atoms with Crippen molar-refractivity contribution in [3.63, 3.8) is 0 Å². The van der Waals surface area contributed by atoms with Crippen molar-refractivity contribution in [2.75, 3.05) is 13.1 Å². The van der Waals surface area contributed by atoms with Gasteiger partial charge in [0.05, 0.1) is 0 Å². The number of amides is 2. The van der Waals surface area contributed by atoms with Crippen LogP contribution in [0.5, 0.6) is 0 Å². The number of carbonyl (C=O) groups is 2. The molecule has 3 rings (SSSR count). The second-order valence-corrected chi connectivity index (χ2v) is 5.75. The third-order valence-electron chi connectivity index (χ3n) is 3.67. The lowest BCUT2D eigenvalue weighted by Crippen LogP contribution is -2.33. The van der Waals surface area contributed by atoms with E-state index in [-0.39, 0.29) is 11.8 Å². The summed E-state index contributed by atoms with van der Waals surface area (Å²) in [4.78, 5) is 24.9. The minimum atomic E-state index is -0.936. The van der Waals surface area contributed by atoms with Gasteiger partial charge in [0.2, 0.25) is 0 Å². The predicted octanol–water partition coefficient (Wildman–Crippen LogP) is 2.44. The second kappa shape index (κ2) is 5.25. The van der Waals surface area contributed by atoms with Crippen LogP contribution in [0.1, 0.15) is 30.4 Å². The lowest BCUT2D eigenvalue weighted by atomic mass is 9.96. The van der Waals surface area contributed by atoms with E-state index in [4.69, 9.17) is 23.2 Å². The molecule has 0 aliphatic carbocycles. The van der Waals surface area contributed by atoms with Gasteiger partial charge in [-0.3, -0.25) is 19.6 Å². The van der Waals surface area contributed by atoms with Gasteiger partial charge in [0.15, 0.2) is 0 Å². The summed E-state index contributed by atoms with van der Waals surface area (Å²) in [5.74, 6) is 4.18. The van der Waals surface area contributed by atoms with Crippen molar-refractivity contribution >= 4 is 35.0 Å². The molecule has 0 radical (unpaired) electrons. The summed E-state index contributed by atoms with van der Waals surface area (Å²) in [6.45, 7) is 2.84. The first kappa shape index (κ1) is 14.2. The van der Waals surface area contributed by atoms with Crippen LogP contribution in [-0.4, -0.2) is 34.9 Å². The molecule has 0 aromatic heterocycles. The Kier molecular flexibility index (Phi) is 3.56. The van der Waals surface area contributed by atoms with E-state index >= 15 is 0 Å². The molecule has 0 saturated carbocycles. The molecule has 2 heterocycles. The molecule has 2 amide bonds. The number of hydrogen-bond donors (Lipinski definition) is 0. The van der Waals surface area contributed by atoms with Crippen LogP contribution in [0.4, 0.5) is 0 Å². The Morgan fingerprint density at radius 2 is 1.62 bits per heavy atom. The summed E-state index contributed by atoms with van der Waals surface area (Å²) in [6.07, 6.45) is 0.802. The van der Waals surface area contributed by atoms with Gasteiger partial charge in [-0.1, -0.05) is 29.1 Å². The first-order chi connectivity index (χ1) is 10.0. The zero-order chi connectivity index (χ0) is 15.1. The fraction of sp³-hybridized carbons (Fsp3) is 0.333. The largest absolute Gasteiger partial charge is 0.272 e. The molecule has 0 atom stereocenters. The summed E-state index contributed by atoms with van der Waals surface area (Å²) in [7, 11) is 0. The number of fused-ring (bicyclic) bond motifs is 1. The molecule has 2 fully saturated rings. The Hall–Kier alpha value is -1.70. The Bertz CT molecular complexity index is 660. The summed E-state index contributed by atoms with van der Waals surface area (Å²) in [6, 6.07) is 3.27. The molecule has 1 aromatic carbocycles. The van der Waals surface area contributed by atoms with Gasteiger partial charge < -0.3 is 0 Å². The van der Waals surface area contributed by atoms with Gasteiger partial charge in [0.25, 0.3) is 11.8 Å². The maximum absolute atomic E-state index is 12.4. The molecule has 6 heteroatoms. The van der Waals surface area contributed by atoms with Crippen molar-refractivity contribution in [3.05, 3.63) is 33.3 Å². The minimum absolute atomic E-state index is 0.254. The lowest BCUT2D eigenvalue weighted by molar-refractivity contribution is -0.141. The van der Waals surface area contributed by atoms with E-state index in [2.05, 4.69) is 11.8 Å². The fourth-order valence-corrected chi connectivity index (χ4v) is 3.50. The molecule has 0 bridgehead atoms. The van der Waals surface area contributed by atoms with Crippen molar-refractivity contribution < 1.29 is 9.59 Å². The number of carbonyl (C=O) groups excluding carboxylic acids is 2. The van der Waals surface area contributed by atoms with Gasteiger partial charge in [-0.2, -0.15) is 0 Å². The van der Waals surface area contributed by atoms with Gasteiger partial charge >= 0.3 is 0 Å². The van der Waals surface area contributed by atoms with E-state index in [1.54, 1.807) is 19.1 Å². The first-order valence-corrected chi connectivity index (χ1v) is 7.34. The quantitative estimate of drug-likeness (QED) is 0.588. The average molecular weight is 323 g/mol. The van der Waals surface area contributed by atoms with Gasteiger partial charge in [-0.25, -0.2) is 0 Å². The number of halogens is 2. The Balaban J connectivity index is 2.06. The second-order valence-electron chi connectivity index (χ2n) is 4.94. The molecule has 4 nitrogen and oxygen atoms in total. The minimum Gasteiger partial charge on any atom is -0.272 e. The van der Waals surface area contributed by atoms with E-state index in [1.165, 1.54) is 10.0 Å². The molecule has 0 unspecified atom stereocenters. The van der Waals surface area contributed by atoms with E-state index in [0.717, 1.165) is 6.42 Å². The highest BCUT2D eigenvalue weighted by atomic mass is 35.5. The van der Waals surface area contributed by atoms with E-state index in [9.17, 15) is 9.59 Å². The van der Waals surface area contributed by atoms with Crippen molar-refractivity contribution in [2.45, 2.75) is 19.3 Å². The van der Waals surface area contributed by atoms with Crippen LogP contribution in [0.25, 0.3) is 0 Å². The van der Waals surface area contributed by atoms with Crippen LogP contribution in [0.3, 0.4) is 0 Å². The van der Waals surface area contributed by atoms with Crippen LogP contribution in [0, 0.1) is 11.8 Å². The van der Waals surface area contributed by atoms with Gasteiger partial charge in [-0.15, -0.1) is 5.92 Å². The monoisotopic (exact) mass is 322 g/mol. The number of benzene rings is 1. The van der Waals surface area contributed by atoms with Crippen LogP contribution < -0.4 is 0 Å². The summed E-state index contributed by atoms with van der Waals surface area (Å²) in [5, 5.41) is 3.57. The molecule has 2 aliphatic heterocycles. The molecule has 0 N–H and O–H groups in total. The first-order valence-electron chi connectivity index (χ1n) is 6.59. The van der Waals surface area contributed by atoms with Crippen LogP contribution in [-0.2, 0) is 9.59 Å². The molecule has 0 spiro atoms. The van der Waals surface area contributed by atoms with Crippen molar-refractivity contribution in [2.24, 2.45) is 0 Å². The van der Waals surface area contributed by atoms with Crippen molar-refractivity contribution in [3.8, 4) is 11.8 Å². The molecular formula is C15H12Cl2N2O2. The zero-order valence-electron chi connectivity index (χ0n) is 11.3. The summed E-state index contributed by atoms with van der Waals surface area (Å²) in [5.41, 5.74) is 1.04. The average Bonchev–Trinajstić information content (AvgIpc) is 2.98. The normalized spacial score (nSPS) is 18.0. The number of rotatable bonds is 1. The molecule has 21 heavy (non-hydrogen) atoms. The Morgan fingerprint density at radius 3 is 2.10 bits per heavy atom. The third kappa shape index (κ3) is 2.17. The van der Waals surface area contributed by atoms with E-state index in [0.29, 0.717) is 34.3 Å². The Morgan fingerprint density at radius 1 is 1.10 bits per heavy atom. The molecule has 108 valence electrons. The highest BCUT2D eigenvalue weighted by Crippen LogP contribution is 2.39. The van der Waals surface area contributed by atoms with Crippen molar-refractivity contribution in [1.29, 1.82) is 0 Å². The van der Waals surface area contributed by atoms with E-state index in [1.807, 2.05) is 0 Å². The number of nitrogens with zero attached hydrogens (tertiary/aromatic N) is 2. The zero-order valence-corrected chi connectivity index (χ0v) is 12.8. The molecular weight excluding hydrogens is 311 g/mol. The standard InChI is InChI=1S/C15H12Cl2N2O2/c1-2-4-9-7-10(16)12(11(17)8-9)13-14(20)18-5-3-6-19(18)15(13)21/h7-8,13H,3,5-6H2,1H3. The maximum atomic E-state index is 12.4. The summed E-state index contributed by atoms with van der Waals surface area (Å²) >= 11 is 12.5. The van der Waals surface area contributed by atoms with Crippen LogP contribution in [0.2, 0.25) is 10.0 Å². The smallest absolute Gasteiger partial charge is 0.258 e. The van der Waals surface area contributed by atoms with Gasteiger partial charge in [0.1, 0.15) is 5.92 Å². The summed E-state index contributed by atoms with van der Waals surface area (Å²) < 4.78 is 0. The number of hydrazine groups is 1. The maximum Gasteiger partial charge on any atom is 0.258 e. The Labute approximate surface area is 132 Å². The van der Waals surface area contributed by atoms with Crippen LogP contribution >= 0.6 is 23.2 Å². The number of hydrogen-bond acceptors (Lipinski definition) is 2. The van der Waals surface area contributed by atoms with Crippen molar-refractivity contribution in [1.82, 2.24) is 10.0 Å². The highest BCUT2D eigenvalue weighted by molar-refractivity contribution is 6.37. The fourth-order valence-electron chi connectivity index (χ4n) is 2.80. The third-order valence-corrected chi connectivity index (χ3v) is 4.30. The van der Waals surface area contributed by atoms with Crippen LogP contribution in [0.15, 0.2) is 12.1 Å². The molecule has 2 aliphatic rings. The topological polar surface area (TPSA) is 40.6 Å². The van der Waals surface area contributed by atoms with E-state index < -0.39 is 5.92 Å². The lowest BCUT2D eigenvalue weighted by Gasteiger charge is -2.16.